The topological polar surface area (TPSA) is 12.0 Å². The Morgan fingerprint density at radius 3 is 2.70 bits per heavy atom. The summed E-state index contributed by atoms with van der Waals surface area (Å²) in [6.07, 6.45) is 0. The number of halogens is 1. The summed E-state index contributed by atoms with van der Waals surface area (Å²) in [5.74, 6) is 0. The first kappa shape index (κ1) is 7.58. The van der Waals surface area contributed by atoms with E-state index in [1.54, 1.807) is 0 Å². The third kappa shape index (κ3) is 1.72. The predicted octanol–water partition coefficient (Wildman–Crippen LogP) is 2.22. The molecule has 0 saturated heterocycles. The monoisotopic (exact) mass is 154 g/mol. The van der Waals surface area contributed by atoms with E-state index in [0.29, 0.717) is 0 Å². The molecular formula is C8H9ClN. The van der Waals surface area contributed by atoms with Crippen LogP contribution in [0.15, 0.2) is 24.3 Å². The summed E-state index contributed by atoms with van der Waals surface area (Å²) in [5, 5.41) is 3.58. The fourth-order valence-electron chi connectivity index (χ4n) is 0.776. The van der Waals surface area contributed by atoms with Gasteiger partial charge in [-0.15, -0.1) is 0 Å². The van der Waals surface area contributed by atoms with Gasteiger partial charge in [-0.3, -0.25) is 0 Å². The van der Waals surface area contributed by atoms with Crippen molar-refractivity contribution < 1.29 is 0 Å². The molecule has 1 radical (unpaired) electrons. The van der Waals surface area contributed by atoms with Gasteiger partial charge in [-0.25, -0.2) is 0 Å². The lowest BCUT2D eigenvalue weighted by Crippen LogP contribution is -2.02. The average molecular weight is 155 g/mol. The smallest absolute Gasteiger partial charge is 0.0450 e. The number of hydrogen-bond donors (Lipinski definition) is 1. The Hall–Kier alpha value is -0.530. The minimum atomic E-state index is 0.722. The van der Waals surface area contributed by atoms with Crippen LogP contribution < -0.4 is 5.32 Å². The van der Waals surface area contributed by atoms with Gasteiger partial charge in [0.2, 0.25) is 0 Å². The van der Waals surface area contributed by atoms with Gasteiger partial charge in [-0.05, 0) is 11.6 Å². The molecule has 1 rings (SSSR count). The summed E-state index contributed by atoms with van der Waals surface area (Å²) >= 11 is 5.84. The Balaban J connectivity index is 2.81. The first-order chi connectivity index (χ1) is 4.84. The van der Waals surface area contributed by atoms with E-state index in [9.17, 15) is 0 Å². The van der Waals surface area contributed by atoms with E-state index in [-0.39, 0.29) is 0 Å². The maximum Gasteiger partial charge on any atom is 0.0450 e. The van der Waals surface area contributed by atoms with E-state index in [2.05, 4.69) is 12.4 Å². The predicted molar refractivity (Wildman–Crippen MR) is 43.6 cm³/mol. The summed E-state index contributed by atoms with van der Waals surface area (Å²) in [6.45, 7) is 0.722. The molecule has 0 heterocycles. The van der Waals surface area contributed by atoms with Gasteiger partial charge in [0.05, 0.1) is 0 Å². The molecule has 0 saturated carbocycles. The van der Waals surface area contributed by atoms with Crippen molar-refractivity contribution in [1.29, 1.82) is 0 Å². The SMILES string of the molecule is [CH2]NCc1ccccc1Cl. The van der Waals surface area contributed by atoms with E-state index >= 15 is 0 Å². The van der Waals surface area contributed by atoms with Crippen LogP contribution in [0.4, 0.5) is 0 Å². The lowest BCUT2D eigenvalue weighted by Gasteiger charge is -2.00. The lowest BCUT2D eigenvalue weighted by molar-refractivity contribution is 0.866. The van der Waals surface area contributed by atoms with Crippen molar-refractivity contribution in [1.82, 2.24) is 5.32 Å². The fourth-order valence-corrected chi connectivity index (χ4v) is 0.979. The van der Waals surface area contributed by atoms with Gasteiger partial charge in [0.25, 0.3) is 0 Å². The Morgan fingerprint density at radius 1 is 1.40 bits per heavy atom. The molecule has 0 atom stereocenters. The van der Waals surface area contributed by atoms with Crippen molar-refractivity contribution in [3.8, 4) is 0 Å². The normalized spacial score (nSPS) is 9.80. The molecule has 1 N–H and O–H groups in total. The highest BCUT2D eigenvalue weighted by Gasteiger charge is 1.94. The van der Waals surface area contributed by atoms with Crippen molar-refractivity contribution in [3.63, 3.8) is 0 Å². The third-order valence-electron chi connectivity index (χ3n) is 1.27. The standard InChI is InChI=1S/C8H9ClN/c1-10-6-7-4-2-3-5-8(7)9/h2-5,10H,1,6H2. The largest absolute Gasteiger partial charge is 0.311 e. The first-order valence-electron chi connectivity index (χ1n) is 3.08. The Labute approximate surface area is 66.0 Å². The molecule has 0 aliphatic heterocycles. The number of rotatable bonds is 2. The summed E-state index contributed by atoms with van der Waals surface area (Å²) in [6, 6.07) is 7.71. The van der Waals surface area contributed by atoms with Crippen LogP contribution in [0.1, 0.15) is 5.56 Å². The van der Waals surface area contributed by atoms with E-state index in [1.807, 2.05) is 24.3 Å². The van der Waals surface area contributed by atoms with E-state index in [0.717, 1.165) is 17.1 Å². The highest BCUT2D eigenvalue weighted by atomic mass is 35.5. The molecule has 0 amide bonds. The number of benzene rings is 1. The van der Waals surface area contributed by atoms with Gasteiger partial charge in [0.1, 0.15) is 0 Å². The summed E-state index contributed by atoms with van der Waals surface area (Å²) in [4.78, 5) is 0. The van der Waals surface area contributed by atoms with Gasteiger partial charge >= 0.3 is 0 Å². The Morgan fingerprint density at radius 2 is 2.10 bits per heavy atom. The fraction of sp³-hybridized carbons (Fsp3) is 0.125. The molecule has 1 nitrogen and oxygen atoms in total. The Bertz CT molecular complexity index is 210. The zero-order valence-electron chi connectivity index (χ0n) is 5.60. The van der Waals surface area contributed by atoms with Crippen LogP contribution in [-0.4, -0.2) is 0 Å². The average Bonchev–Trinajstić information content (AvgIpc) is 1.94. The van der Waals surface area contributed by atoms with Gasteiger partial charge in [0, 0.05) is 18.6 Å². The van der Waals surface area contributed by atoms with Crippen LogP contribution in [0.3, 0.4) is 0 Å². The molecule has 2 heteroatoms. The molecule has 0 aliphatic carbocycles. The molecule has 0 aliphatic rings. The van der Waals surface area contributed by atoms with Crippen LogP contribution >= 0.6 is 11.6 Å². The van der Waals surface area contributed by atoms with Crippen molar-refractivity contribution in [2.24, 2.45) is 0 Å². The molecule has 10 heavy (non-hydrogen) atoms. The summed E-state index contributed by atoms with van der Waals surface area (Å²) < 4.78 is 0. The van der Waals surface area contributed by atoms with Crippen LogP contribution in [0, 0.1) is 7.05 Å². The van der Waals surface area contributed by atoms with Crippen molar-refractivity contribution >= 4 is 11.6 Å². The quantitative estimate of drug-likeness (QED) is 0.689. The molecule has 0 aromatic heterocycles. The van der Waals surface area contributed by atoms with Gasteiger partial charge in [-0.1, -0.05) is 29.8 Å². The van der Waals surface area contributed by atoms with Crippen LogP contribution in [0.2, 0.25) is 5.02 Å². The van der Waals surface area contributed by atoms with Crippen LogP contribution in [-0.2, 0) is 6.54 Å². The Kier molecular flexibility index (Phi) is 2.72. The maximum atomic E-state index is 5.84. The van der Waals surface area contributed by atoms with Gasteiger partial charge < -0.3 is 5.32 Å². The maximum absolute atomic E-state index is 5.84. The van der Waals surface area contributed by atoms with E-state index < -0.39 is 0 Å². The molecule has 53 valence electrons. The molecule has 1 aromatic rings. The number of hydrogen-bond acceptors (Lipinski definition) is 1. The highest BCUT2D eigenvalue weighted by molar-refractivity contribution is 6.31. The summed E-state index contributed by atoms with van der Waals surface area (Å²) in [5.41, 5.74) is 1.08. The van der Waals surface area contributed by atoms with E-state index in [4.69, 9.17) is 11.6 Å². The van der Waals surface area contributed by atoms with Gasteiger partial charge in [0.15, 0.2) is 0 Å². The van der Waals surface area contributed by atoms with Crippen LogP contribution in [0.5, 0.6) is 0 Å². The minimum absolute atomic E-state index is 0.722. The van der Waals surface area contributed by atoms with Gasteiger partial charge in [-0.2, -0.15) is 0 Å². The second kappa shape index (κ2) is 3.59. The first-order valence-corrected chi connectivity index (χ1v) is 3.45. The molecule has 0 unspecified atom stereocenters. The molecule has 1 aromatic carbocycles. The lowest BCUT2D eigenvalue weighted by atomic mass is 10.2. The van der Waals surface area contributed by atoms with Crippen LogP contribution in [0.25, 0.3) is 0 Å². The zero-order chi connectivity index (χ0) is 7.40. The molecule has 0 fully saturated rings. The second-order valence-corrected chi connectivity index (χ2v) is 2.43. The van der Waals surface area contributed by atoms with E-state index in [1.165, 1.54) is 0 Å². The van der Waals surface area contributed by atoms with Crippen molar-refractivity contribution in [3.05, 3.63) is 41.9 Å². The van der Waals surface area contributed by atoms with Crippen molar-refractivity contribution in [2.45, 2.75) is 6.54 Å². The number of nitrogens with one attached hydrogen (secondary N) is 1. The van der Waals surface area contributed by atoms with Crippen molar-refractivity contribution in [2.75, 3.05) is 0 Å². The molecule has 0 spiro atoms. The summed E-state index contributed by atoms with van der Waals surface area (Å²) in [7, 11) is 3.51. The molecular weight excluding hydrogens is 146 g/mol. The second-order valence-electron chi connectivity index (χ2n) is 2.02. The third-order valence-corrected chi connectivity index (χ3v) is 1.64. The zero-order valence-corrected chi connectivity index (χ0v) is 6.36. The highest BCUT2D eigenvalue weighted by Crippen LogP contribution is 2.13. The molecule has 0 bridgehead atoms. The minimum Gasteiger partial charge on any atom is -0.311 e.